The second kappa shape index (κ2) is 7.11. The summed E-state index contributed by atoms with van der Waals surface area (Å²) in [4.78, 5) is 4.41. The van der Waals surface area contributed by atoms with E-state index < -0.39 is 5.60 Å². The first-order valence-corrected chi connectivity index (χ1v) is 7.66. The molecule has 1 aromatic heterocycles. The number of ether oxygens (including phenoxy) is 1. The minimum Gasteiger partial charge on any atom is -0.370 e. The second-order valence-electron chi connectivity index (χ2n) is 4.25. The minimum atomic E-state index is -0.457. The Hall–Kier alpha value is -0.590. The highest BCUT2D eigenvalue weighted by Crippen LogP contribution is 2.30. The molecule has 0 aliphatic carbocycles. The summed E-state index contributed by atoms with van der Waals surface area (Å²) in [5.74, 6) is 2.09. The van der Waals surface area contributed by atoms with Crippen molar-refractivity contribution in [2.24, 2.45) is 5.73 Å². The summed E-state index contributed by atoms with van der Waals surface area (Å²) in [5, 5.41) is 4.03. The molecule has 1 atom stereocenters. The van der Waals surface area contributed by atoms with Crippen molar-refractivity contribution in [3.63, 3.8) is 0 Å². The third kappa shape index (κ3) is 3.24. The highest BCUT2D eigenvalue weighted by atomic mass is 32.2. The minimum absolute atomic E-state index is 0.193. The van der Waals surface area contributed by atoms with Crippen molar-refractivity contribution >= 4 is 11.8 Å². The molecule has 0 aromatic carbocycles. The molecule has 0 amide bonds. The molecular weight excluding hydrogens is 250 g/mol. The molecule has 0 bridgehead atoms. The topological polar surface area (TPSA) is 74.2 Å². The van der Waals surface area contributed by atoms with Crippen LogP contribution in [0.5, 0.6) is 0 Å². The van der Waals surface area contributed by atoms with Gasteiger partial charge in [0.05, 0.1) is 6.04 Å². The van der Waals surface area contributed by atoms with Crippen LogP contribution >= 0.6 is 11.8 Å². The molecule has 1 heterocycles. The van der Waals surface area contributed by atoms with Crippen LogP contribution in [-0.4, -0.2) is 29.3 Å². The average molecular weight is 273 g/mol. The van der Waals surface area contributed by atoms with Gasteiger partial charge in [0.15, 0.2) is 0 Å². The Morgan fingerprint density at radius 3 is 2.61 bits per heavy atom. The van der Waals surface area contributed by atoms with Gasteiger partial charge in [0.1, 0.15) is 5.60 Å². The predicted molar refractivity (Wildman–Crippen MR) is 73.5 cm³/mol. The quantitative estimate of drug-likeness (QED) is 0.784. The summed E-state index contributed by atoms with van der Waals surface area (Å²) < 4.78 is 10.8. The van der Waals surface area contributed by atoms with Crippen LogP contribution in [0.4, 0.5) is 0 Å². The Bertz CT molecular complexity index is 345. The Kier molecular flexibility index (Phi) is 6.11. The van der Waals surface area contributed by atoms with E-state index in [0.29, 0.717) is 11.7 Å². The van der Waals surface area contributed by atoms with Crippen LogP contribution in [-0.2, 0) is 10.3 Å². The van der Waals surface area contributed by atoms with E-state index in [1.807, 2.05) is 0 Å². The van der Waals surface area contributed by atoms with Crippen LogP contribution in [0.3, 0.4) is 0 Å². The van der Waals surface area contributed by atoms with E-state index in [2.05, 4.69) is 30.2 Å². The lowest BCUT2D eigenvalue weighted by Gasteiger charge is -2.25. The van der Waals surface area contributed by atoms with E-state index in [9.17, 15) is 0 Å². The summed E-state index contributed by atoms with van der Waals surface area (Å²) in [6, 6.07) is -0.193. The van der Waals surface area contributed by atoms with Crippen molar-refractivity contribution in [1.29, 1.82) is 0 Å². The molecule has 0 spiro atoms. The first-order chi connectivity index (χ1) is 8.63. The zero-order valence-corrected chi connectivity index (χ0v) is 12.4. The van der Waals surface area contributed by atoms with E-state index >= 15 is 0 Å². The molecule has 104 valence electrons. The van der Waals surface area contributed by atoms with Gasteiger partial charge in [-0.1, -0.05) is 19.0 Å². The van der Waals surface area contributed by atoms with Crippen LogP contribution in [0.25, 0.3) is 0 Å². The predicted octanol–water partition coefficient (Wildman–Crippen LogP) is 2.48. The number of methoxy groups -OCH3 is 1. The summed E-state index contributed by atoms with van der Waals surface area (Å²) in [7, 11) is 1.68. The molecule has 0 aliphatic rings. The van der Waals surface area contributed by atoms with Gasteiger partial charge in [-0.3, -0.25) is 0 Å². The van der Waals surface area contributed by atoms with E-state index in [4.69, 9.17) is 15.0 Å². The highest BCUT2D eigenvalue weighted by molar-refractivity contribution is 7.98. The maximum Gasteiger partial charge on any atom is 0.243 e. The lowest BCUT2D eigenvalue weighted by molar-refractivity contribution is -0.0306. The van der Waals surface area contributed by atoms with E-state index in [1.165, 1.54) is 0 Å². The summed E-state index contributed by atoms with van der Waals surface area (Å²) in [6.07, 6.45) is 4.50. The number of nitrogens with two attached hydrogens (primary N) is 1. The molecule has 5 nitrogen and oxygen atoms in total. The van der Waals surface area contributed by atoms with Gasteiger partial charge in [0.2, 0.25) is 11.7 Å². The van der Waals surface area contributed by atoms with Gasteiger partial charge in [-0.15, -0.1) is 0 Å². The fourth-order valence-electron chi connectivity index (χ4n) is 1.89. The van der Waals surface area contributed by atoms with Gasteiger partial charge in [0, 0.05) is 7.11 Å². The van der Waals surface area contributed by atoms with Crippen molar-refractivity contribution in [2.45, 2.75) is 44.8 Å². The monoisotopic (exact) mass is 273 g/mol. The highest BCUT2D eigenvalue weighted by Gasteiger charge is 2.34. The number of thioether (sulfide) groups is 1. The lowest BCUT2D eigenvalue weighted by Crippen LogP contribution is -2.28. The molecule has 1 aromatic rings. The molecule has 0 aliphatic heterocycles. The second-order valence-corrected chi connectivity index (χ2v) is 5.24. The van der Waals surface area contributed by atoms with Crippen molar-refractivity contribution in [3.8, 4) is 0 Å². The van der Waals surface area contributed by atoms with E-state index in [0.717, 1.165) is 25.0 Å². The van der Waals surface area contributed by atoms with Crippen LogP contribution in [0.1, 0.15) is 50.9 Å². The van der Waals surface area contributed by atoms with E-state index in [1.54, 1.807) is 18.9 Å². The normalized spacial score (nSPS) is 13.8. The first-order valence-electron chi connectivity index (χ1n) is 6.27. The zero-order chi connectivity index (χ0) is 13.6. The molecule has 0 saturated heterocycles. The summed E-state index contributed by atoms with van der Waals surface area (Å²) in [5.41, 5.74) is 5.55. The Balaban J connectivity index is 2.84. The number of nitrogens with zero attached hydrogens (tertiary/aromatic N) is 2. The molecule has 1 rings (SSSR count). The fourth-order valence-corrected chi connectivity index (χ4v) is 2.37. The van der Waals surface area contributed by atoms with Gasteiger partial charge in [0.25, 0.3) is 0 Å². The van der Waals surface area contributed by atoms with Crippen molar-refractivity contribution in [3.05, 3.63) is 11.7 Å². The average Bonchev–Trinajstić information content (AvgIpc) is 2.89. The van der Waals surface area contributed by atoms with Gasteiger partial charge >= 0.3 is 0 Å². The Morgan fingerprint density at radius 2 is 2.11 bits per heavy atom. The summed E-state index contributed by atoms with van der Waals surface area (Å²) in [6.45, 7) is 4.10. The zero-order valence-electron chi connectivity index (χ0n) is 11.6. The summed E-state index contributed by atoms with van der Waals surface area (Å²) >= 11 is 1.76. The maximum atomic E-state index is 6.01. The molecule has 2 N–H and O–H groups in total. The third-order valence-electron chi connectivity index (χ3n) is 3.33. The Morgan fingerprint density at radius 1 is 1.44 bits per heavy atom. The van der Waals surface area contributed by atoms with Gasteiger partial charge in [-0.05, 0) is 31.3 Å². The smallest absolute Gasteiger partial charge is 0.243 e. The molecule has 1 unspecified atom stereocenters. The van der Waals surface area contributed by atoms with Crippen molar-refractivity contribution in [1.82, 2.24) is 10.1 Å². The molecule has 0 saturated carbocycles. The molecule has 18 heavy (non-hydrogen) atoms. The van der Waals surface area contributed by atoms with Crippen LogP contribution in [0, 0.1) is 0 Å². The Labute approximate surface area is 113 Å². The van der Waals surface area contributed by atoms with Crippen molar-refractivity contribution in [2.75, 3.05) is 19.1 Å². The lowest BCUT2D eigenvalue weighted by atomic mass is 9.96. The first kappa shape index (κ1) is 15.5. The van der Waals surface area contributed by atoms with Crippen LogP contribution in [0.2, 0.25) is 0 Å². The number of aromatic nitrogens is 2. The number of hydrogen-bond acceptors (Lipinski definition) is 6. The molecular formula is C12H23N3O2S. The molecule has 0 radical (unpaired) electrons. The standard InChI is InChI=1S/C12H23N3O2S/c1-5-12(6-2,16-3)11-14-10(17-15-11)9(13)7-8-18-4/h9H,5-8,13H2,1-4H3. The van der Waals surface area contributed by atoms with Gasteiger partial charge in [-0.2, -0.15) is 16.7 Å². The molecule has 6 heteroatoms. The molecule has 0 fully saturated rings. The van der Waals surface area contributed by atoms with Gasteiger partial charge < -0.3 is 15.0 Å². The van der Waals surface area contributed by atoms with Crippen LogP contribution in [0.15, 0.2) is 4.52 Å². The van der Waals surface area contributed by atoms with E-state index in [-0.39, 0.29) is 6.04 Å². The van der Waals surface area contributed by atoms with Crippen molar-refractivity contribution < 1.29 is 9.26 Å². The number of hydrogen-bond donors (Lipinski definition) is 1. The fraction of sp³-hybridized carbons (Fsp3) is 0.833. The third-order valence-corrected chi connectivity index (χ3v) is 3.98. The van der Waals surface area contributed by atoms with Crippen LogP contribution < -0.4 is 5.73 Å². The maximum absolute atomic E-state index is 6.01. The van der Waals surface area contributed by atoms with Gasteiger partial charge in [-0.25, -0.2) is 0 Å². The SMILES string of the molecule is CCC(CC)(OC)c1noc(C(N)CCSC)n1. The number of rotatable bonds is 8. The largest absolute Gasteiger partial charge is 0.370 e.